The number of phosphoric acid groups is 1. The van der Waals surface area contributed by atoms with Crippen LogP contribution >= 0.6 is 15.4 Å². The van der Waals surface area contributed by atoms with Crippen LogP contribution in [0.15, 0.2) is 12.1 Å². The summed E-state index contributed by atoms with van der Waals surface area (Å²) in [6.45, 7) is 3.28. The highest BCUT2D eigenvalue weighted by Crippen LogP contribution is 2.61. The molecule has 0 aromatic rings. The molecule has 0 atom stereocenters. The molecule has 9 heteroatoms. The molecule has 0 saturated heterocycles. The molecular weight excluding hydrogens is 246 g/mol. The molecule has 0 radical (unpaired) electrons. The van der Waals surface area contributed by atoms with Crippen LogP contribution in [-0.4, -0.2) is 28.4 Å². The Balaban J connectivity index is 4.76. The van der Waals surface area contributed by atoms with Crippen molar-refractivity contribution >= 4 is 15.4 Å². The topological polar surface area (TPSA) is 80.3 Å². The molecule has 7 nitrogen and oxygen atoms in total. The maximum absolute atomic E-state index is 11.7. The first-order chi connectivity index (χ1) is 6.87. The van der Waals surface area contributed by atoms with Gasteiger partial charge in [0.2, 0.25) is 5.50 Å². The van der Waals surface area contributed by atoms with E-state index in [0.29, 0.717) is 0 Å². The molecule has 15 heavy (non-hydrogen) atoms. The van der Waals surface area contributed by atoms with Crippen LogP contribution in [0.1, 0.15) is 0 Å². The summed E-state index contributed by atoms with van der Waals surface area (Å²) in [4.78, 5) is 0. The molecule has 0 spiro atoms. The SMILES string of the molecule is C=C(OP(=O)(OC)OC)P(=O)(OC)OC. The van der Waals surface area contributed by atoms with Gasteiger partial charge < -0.3 is 13.6 Å². The Morgan fingerprint density at radius 1 is 0.933 bits per heavy atom. The van der Waals surface area contributed by atoms with E-state index in [2.05, 4.69) is 29.2 Å². The standard InChI is InChI=1S/C6H14O7P2/c1-6(14(7,9-2)10-3)13-15(8,11-4)12-5/h1H2,2-5H3. The van der Waals surface area contributed by atoms with Crippen LogP contribution in [0.25, 0.3) is 0 Å². The number of hydrogen-bond donors (Lipinski definition) is 0. The maximum Gasteiger partial charge on any atom is 0.529 e. The van der Waals surface area contributed by atoms with Crippen molar-refractivity contribution in [1.82, 2.24) is 0 Å². The summed E-state index contributed by atoms with van der Waals surface area (Å²) in [7, 11) is -2.92. The molecule has 0 heterocycles. The van der Waals surface area contributed by atoms with Crippen LogP contribution in [0.4, 0.5) is 0 Å². The second kappa shape index (κ2) is 5.80. The van der Waals surface area contributed by atoms with Crippen molar-refractivity contribution in [1.29, 1.82) is 0 Å². The first-order valence-corrected chi connectivity index (χ1v) is 6.70. The first-order valence-electron chi connectivity index (χ1n) is 3.69. The van der Waals surface area contributed by atoms with Gasteiger partial charge in [-0.15, -0.1) is 0 Å². The molecule has 0 fully saturated rings. The highest BCUT2D eigenvalue weighted by Gasteiger charge is 2.35. The van der Waals surface area contributed by atoms with Crippen molar-refractivity contribution in [2.24, 2.45) is 0 Å². The Bertz CT molecular complexity index is 297. The average Bonchev–Trinajstić information content (AvgIpc) is 2.27. The van der Waals surface area contributed by atoms with Gasteiger partial charge >= 0.3 is 15.4 Å². The summed E-state index contributed by atoms with van der Waals surface area (Å²) in [5.41, 5.74) is -0.445. The monoisotopic (exact) mass is 260 g/mol. The van der Waals surface area contributed by atoms with Gasteiger partial charge in [0, 0.05) is 28.4 Å². The summed E-state index contributed by atoms with van der Waals surface area (Å²) in [5, 5.41) is 0. The van der Waals surface area contributed by atoms with Crippen LogP contribution in [-0.2, 0) is 31.7 Å². The third kappa shape index (κ3) is 3.72. The lowest BCUT2D eigenvalue weighted by molar-refractivity contribution is 0.180. The van der Waals surface area contributed by atoms with E-state index in [9.17, 15) is 9.13 Å². The lowest BCUT2D eigenvalue weighted by atomic mass is 11.2. The summed E-state index contributed by atoms with van der Waals surface area (Å²) < 4.78 is 45.9. The molecular formula is C6H14O7P2. The van der Waals surface area contributed by atoms with Gasteiger partial charge in [-0.25, -0.2) is 4.57 Å². The van der Waals surface area contributed by atoms with Crippen LogP contribution in [0.2, 0.25) is 0 Å². The summed E-state index contributed by atoms with van der Waals surface area (Å²) in [5.74, 6) is 0. The minimum Gasteiger partial charge on any atom is -0.396 e. The van der Waals surface area contributed by atoms with Crippen LogP contribution in [0, 0.1) is 0 Å². The Morgan fingerprint density at radius 2 is 1.33 bits per heavy atom. The van der Waals surface area contributed by atoms with Crippen LogP contribution in [0.3, 0.4) is 0 Å². The molecule has 0 saturated carbocycles. The van der Waals surface area contributed by atoms with Crippen LogP contribution < -0.4 is 0 Å². The zero-order chi connectivity index (χ0) is 12.1. The predicted octanol–water partition coefficient (Wildman–Crippen LogP) is 2.36. The Hall–Kier alpha value is -0.160. The zero-order valence-corrected chi connectivity index (χ0v) is 10.7. The Labute approximate surface area is 88.5 Å². The normalized spacial score (nSPS) is 12.5. The fourth-order valence-electron chi connectivity index (χ4n) is 0.606. The molecule has 0 aliphatic carbocycles. The second-order valence-electron chi connectivity index (χ2n) is 2.16. The average molecular weight is 260 g/mol. The zero-order valence-electron chi connectivity index (χ0n) is 8.96. The summed E-state index contributed by atoms with van der Waals surface area (Å²) in [6.07, 6.45) is 0. The van der Waals surface area contributed by atoms with E-state index >= 15 is 0 Å². The lowest BCUT2D eigenvalue weighted by Gasteiger charge is -2.19. The van der Waals surface area contributed by atoms with E-state index in [4.69, 9.17) is 0 Å². The van der Waals surface area contributed by atoms with E-state index in [-0.39, 0.29) is 0 Å². The predicted molar refractivity (Wildman–Crippen MR) is 53.5 cm³/mol. The van der Waals surface area contributed by atoms with Crippen molar-refractivity contribution in [3.63, 3.8) is 0 Å². The second-order valence-corrected chi connectivity index (χ2v) is 6.19. The lowest BCUT2D eigenvalue weighted by Crippen LogP contribution is -1.98. The third-order valence-corrected chi connectivity index (χ3v) is 4.60. The fraction of sp³-hybridized carbons (Fsp3) is 0.667. The highest BCUT2D eigenvalue weighted by atomic mass is 31.2. The van der Waals surface area contributed by atoms with Gasteiger partial charge in [-0.3, -0.25) is 13.6 Å². The van der Waals surface area contributed by atoms with Gasteiger partial charge in [0.1, 0.15) is 0 Å². The number of hydrogen-bond acceptors (Lipinski definition) is 7. The van der Waals surface area contributed by atoms with Crippen molar-refractivity contribution in [2.75, 3.05) is 28.4 Å². The van der Waals surface area contributed by atoms with E-state index in [1.807, 2.05) is 0 Å². The van der Waals surface area contributed by atoms with Crippen molar-refractivity contribution in [2.45, 2.75) is 0 Å². The van der Waals surface area contributed by atoms with Gasteiger partial charge in [0.05, 0.1) is 0 Å². The molecule has 0 aliphatic rings. The van der Waals surface area contributed by atoms with Gasteiger partial charge in [0.15, 0.2) is 0 Å². The van der Waals surface area contributed by atoms with E-state index < -0.39 is 20.9 Å². The van der Waals surface area contributed by atoms with Crippen molar-refractivity contribution in [3.8, 4) is 0 Å². The fourth-order valence-corrected chi connectivity index (χ4v) is 2.42. The molecule has 0 unspecified atom stereocenters. The van der Waals surface area contributed by atoms with E-state index in [1.165, 1.54) is 0 Å². The van der Waals surface area contributed by atoms with Crippen LogP contribution in [0.5, 0.6) is 0 Å². The molecule has 0 amide bonds. The molecule has 0 aromatic heterocycles. The summed E-state index contributed by atoms with van der Waals surface area (Å²) in [6, 6.07) is 0. The smallest absolute Gasteiger partial charge is 0.396 e. The van der Waals surface area contributed by atoms with Gasteiger partial charge in [-0.2, -0.15) is 0 Å². The Morgan fingerprint density at radius 3 is 1.60 bits per heavy atom. The third-order valence-electron chi connectivity index (χ3n) is 1.45. The highest BCUT2D eigenvalue weighted by molar-refractivity contribution is 7.59. The van der Waals surface area contributed by atoms with Gasteiger partial charge in [0.25, 0.3) is 0 Å². The number of phosphoric ester groups is 1. The quantitative estimate of drug-likeness (QED) is 0.513. The van der Waals surface area contributed by atoms with E-state index in [1.54, 1.807) is 0 Å². The molecule has 90 valence electrons. The Kier molecular flexibility index (Phi) is 5.73. The van der Waals surface area contributed by atoms with Gasteiger partial charge in [-0.05, 0) is 6.58 Å². The molecule has 0 aliphatic heterocycles. The first kappa shape index (κ1) is 14.8. The molecule has 0 rings (SSSR count). The van der Waals surface area contributed by atoms with E-state index in [0.717, 1.165) is 28.4 Å². The van der Waals surface area contributed by atoms with Crippen molar-refractivity contribution in [3.05, 3.63) is 12.1 Å². The molecule has 0 aromatic carbocycles. The largest absolute Gasteiger partial charge is 0.529 e. The van der Waals surface area contributed by atoms with Crippen molar-refractivity contribution < 1.29 is 31.7 Å². The molecule has 0 bridgehead atoms. The van der Waals surface area contributed by atoms with Gasteiger partial charge in [-0.1, -0.05) is 0 Å². The minimum atomic E-state index is -3.79. The number of rotatable bonds is 7. The maximum atomic E-state index is 11.7. The molecule has 0 N–H and O–H groups in total. The summed E-state index contributed by atoms with van der Waals surface area (Å²) >= 11 is 0. The minimum absolute atomic E-state index is 0.445.